The molecule has 3 aromatic carbocycles. The van der Waals surface area contributed by atoms with Crippen LogP contribution < -0.4 is 0 Å². The molecule has 0 fully saturated rings. The van der Waals surface area contributed by atoms with Crippen LogP contribution in [0.4, 0.5) is 0 Å². The summed E-state index contributed by atoms with van der Waals surface area (Å²) >= 11 is 1.61. The second-order valence-electron chi connectivity index (χ2n) is 6.76. The van der Waals surface area contributed by atoms with Gasteiger partial charge in [0.25, 0.3) is 0 Å². The summed E-state index contributed by atoms with van der Waals surface area (Å²) in [5.41, 5.74) is 7.00. The molecule has 0 bridgehead atoms. The summed E-state index contributed by atoms with van der Waals surface area (Å²) in [6.07, 6.45) is 0. The van der Waals surface area contributed by atoms with E-state index in [9.17, 15) is 0 Å². The van der Waals surface area contributed by atoms with Crippen molar-refractivity contribution < 1.29 is 18.8 Å². The van der Waals surface area contributed by atoms with Crippen LogP contribution in [0.5, 0.6) is 0 Å². The fourth-order valence-corrected chi connectivity index (χ4v) is 3.42. The number of rotatable bonds is 2. The predicted molar refractivity (Wildman–Crippen MR) is 117 cm³/mol. The van der Waals surface area contributed by atoms with Gasteiger partial charge in [-0.05, 0) is 22.9 Å². The fourth-order valence-electron chi connectivity index (χ4n) is 3.42. The van der Waals surface area contributed by atoms with Gasteiger partial charge in [0.1, 0.15) is 0 Å². The van der Waals surface area contributed by atoms with Crippen LogP contribution in [0.1, 0.15) is 5.56 Å². The number of para-hydroxylation sites is 2. The van der Waals surface area contributed by atoms with Crippen molar-refractivity contribution in [2.75, 3.05) is 0 Å². The van der Waals surface area contributed by atoms with Crippen molar-refractivity contribution in [3.63, 3.8) is 0 Å². The summed E-state index contributed by atoms with van der Waals surface area (Å²) in [6, 6.07) is 32.5. The maximum absolute atomic E-state index is 4.82. The molecule has 0 aliphatic rings. The topological polar surface area (TPSA) is 25.8 Å². The van der Waals surface area contributed by atoms with Crippen LogP contribution in [0.25, 0.3) is 44.3 Å². The number of benzene rings is 3. The third kappa shape index (κ3) is 4.24. The minimum absolute atomic E-state index is 0.930. The van der Waals surface area contributed by atoms with Crippen LogP contribution >= 0.6 is 9.42 Å². The first-order chi connectivity index (χ1) is 14.3. The number of hydrogen-bond acceptors (Lipinski definition) is 2. The first kappa shape index (κ1) is 19.8. The number of hydrogen-bond donors (Lipinski definition) is 0. The van der Waals surface area contributed by atoms with E-state index in [1.54, 1.807) is 18.8 Å². The van der Waals surface area contributed by atoms with Crippen LogP contribution in [-0.4, -0.2) is 9.97 Å². The van der Waals surface area contributed by atoms with Gasteiger partial charge in [-0.1, -0.05) is 78.7 Å². The number of pyridine rings is 2. The Labute approximate surface area is 185 Å². The molecule has 5 rings (SSSR count). The first-order valence-corrected chi connectivity index (χ1v) is 12.0. The molecular formula is C25H17ClN2Pt. The van der Waals surface area contributed by atoms with Crippen molar-refractivity contribution >= 4 is 31.2 Å². The average molecular weight is 576 g/mol. The molecule has 0 aliphatic carbocycles. The second kappa shape index (κ2) is 8.86. The molecule has 2 heterocycles. The third-order valence-electron chi connectivity index (χ3n) is 4.76. The molecule has 2 nitrogen and oxygen atoms in total. The van der Waals surface area contributed by atoms with E-state index in [0.717, 1.165) is 44.3 Å². The molecule has 0 radical (unpaired) electrons. The van der Waals surface area contributed by atoms with Crippen LogP contribution in [0, 0.1) is 13.0 Å². The molecule has 0 saturated heterocycles. The van der Waals surface area contributed by atoms with E-state index in [0.29, 0.717) is 0 Å². The molecule has 5 aromatic rings. The van der Waals surface area contributed by atoms with E-state index < -0.39 is 0 Å². The SMILES string of the molecule is Cc1cc(-c2ccc3ccccc3n2)[c-]c(-c2ccc3ccccc3n2)c1.[Cl][Pt+]. The average Bonchev–Trinajstić information content (AvgIpc) is 2.79. The number of aromatic nitrogens is 2. The standard InChI is InChI=1S/C25H17N2.ClH.Pt/c1-17-14-20(24-12-10-18-6-2-4-8-22(18)26-24)16-21(15-17)25-13-11-19-7-3-5-9-23(19)27-25;;/h2-15H,1H3;1H;/q-1;;+2/p-1. The molecule has 4 heteroatoms. The Bertz CT molecular complexity index is 1200. The summed E-state index contributed by atoms with van der Waals surface area (Å²) in [5.74, 6) is 0. The number of fused-ring (bicyclic) bond motifs is 2. The van der Waals surface area contributed by atoms with Gasteiger partial charge in [0, 0.05) is 11.4 Å². The number of halogens is 1. The van der Waals surface area contributed by atoms with E-state index in [-0.39, 0.29) is 0 Å². The molecule has 0 spiro atoms. The Kier molecular flexibility index (Phi) is 6.04. The fraction of sp³-hybridized carbons (Fsp3) is 0.0400. The summed E-state index contributed by atoms with van der Waals surface area (Å²) in [7, 11) is 4.61. The van der Waals surface area contributed by atoms with E-state index >= 15 is 0 Å². The van der Waals surface area contributed by atoms with Crippen LogP contribution in [0.2, 0.25) is 0 Å². The maximum atomic E-state index is 4.82. The Balaban J connectivity index is 0.000000994. The Morgan fingerprint density at radius 2 is 1.10 bits per heavy atom. The van der Waals surface area contributed by atoms with Crippen molar-refractivity contribution in [2.45, 2.75) is 6.92 Å². The van der Waals surface area contributed by atoms with Crippen molar-refractivity contribution in [1.29, 1.82) is 0 Å². The van der Waals surface area contributed by atoms with Gasteiger partial charge in [-0.25, -0.2) is 0 Å². The predicted octanol–water partition coefficient (Wildman–Crippen LogP) is 6.91. The van der Waals surface area contributed by atoms with Gasteiger partial charge in [0.2, 0.25) is 0 Å². The third-order valence-corrected chi connectivity index (χ3v) is 4.76. The van der Waals surface area contributed by atoms with Gasteiger partial charge in [-0.15, -0.1) is 23.8 Å². The van der Waals surface area contributed by atoms with Gasteiger partial charge in [-0.2, -0.15) is 0 Å². The quantitative estimate of drug-likeness (QED) is 0.214. The van der Waals surface area contributed by atoms with Crippen molar-refractivity contribution in [3.8, 4) is 22.5 Å². The van der Waals surface area contributed by atoms with Crippen molar-refractivity contribution in [1.82, 2.24) is 9.97 Å². The van der Waals surface area contributed by atoms with E-state index in [4.69, 9.17) is 9.97 Å². The van der Waals surface area contributed by atoms with Crippen LogP contribution in [0.15, 0.2) is 84.9 Å². The molecule has 0 unspecified atom stereocenters. The molecule has 2 aromatic heterocycles. The monoisotopic (exact) mass is 575 g/mol. The van der Waals surface area contributed by atoms with Crippen LogP contribution in [-0.2, 0) is 18.8 Å². The molecule has 0 N–H and O–H groups in total. The molecule has 0 saturated carbocycles. The number of aryl methyl sites for hydroxylation is 1. The summed E-state index contributed by atoms with van der Waals surface area (Å²) in [6.45, 7) is 2.10. The normalized spacial score (nSPS) is 10.6. The van der Waals surface area contributed by atoms with E-state index in [1.165, 1.54) is 5.56 Å². The summed E-state index contributed by atoms with van der Waals surface area (Å²) < 4.78 is 0. The molecule has 144 valence electrons. The molecule has 0 aliphatic heterocycles. The second-order valence-corrected chi connectivity index (χ2v) is 6.76. The zero-order chi connectivity index (χ0) is 20.2. The van der Waals surface area contributed by atoms with Gasteiger partial charge in [0.05, 0.1) is 11.0 Å². The minimum atomic E-state index is 0.930. The summed E-state index contributed by atoms with van der Waals surface area (Å²) in [5, 5.41) is 2.29. The molecular weight excluding hydrogens is 559 g/mol. The summed E-state index contributed by atoms with van der Waals surface area (Å²) in [4.78, 5) is 9.64. The zero-order valence-electron chi connectivity index (χ0n) is 15.7. The number of nitrogens with zero attached hydrogens (tertiary/aromatic N) is 2. The first-order valence-electron chi connectivity index (χ1n) is 9.14. The van der Waals surface area contributed by atoms with E-state index in [1.807, 2.05) is 36.4 Å². The van der Waals surface area contributed by atoms with Gasteiger partial charge < -0.3 is 0 Å². The van der Waals surface area contributed by atoms with Crippen LogP contribution in [0.3, 0.4) is 0 Å². The molecule has 29 heavy (non-hydrogen) atoms. The molecule has 0 amide bonds. The van der Waals surface area contributed by atoms with Crippen molar-refractivity contribution in [2.24, 2.45) is 0 Å². The Morgan fingerprint density at radius 1 is 0.655 bits per heavy atom. The Morgan fingerprint density at radius 3 is 1.59 bits per heavy atom. The molecule has 0 atom stereocenters. The van der Waals surface area contributed by atoms with Crippen molar-refractivity contribution in [3.05, 3.63) is 96.6 Å². The van der Waals surface area contributed by atoms with E-state index in [2.05, 4.69) is 70.9 Å². The van der Waals surface area contributed by atoms with Gasteiger partial charge >= 0.3 is 28.2 Å². The zero-order valence-corrected chi connectivity index (χ0v) is 18.7. The van der Waals surface area contributed by atoms with Gasteiger partial charge in [-0.3, -0.25) is 9.97 Å². The van der Waals surface area contributed by atoms with Gasteiger partial charge in [0.15, 0.2) is 0 Å². The Hall–Kier alpha value is -2.54.